The van der Waals surface area contributed by atoms with Crippen molar-refractivity contribution >= 4 is 45.6 Å². The normalized spacial score (nSPS) is 12.2. The lowest BCUT2D eigenvalue weighted by atomic mass is 9.97. The van der Waals surface area contributed by atoms with Crippen LogP contribution < -0.4 is 16.0 Å². The Balaban J connectivity index is 1.79. The average molecular weight is 465 g/mol. The number of aliphatic carboxylic acids is 1. The van der Waals surface area contributed by atoms with Crippen LogP contribution in [0.5, 0.6) is 0 Å². The molecule has 0 aliphatic carbocycles. The predicted molar refractivity (Wildman–Crippen MR) is 126 cm³/mol. The third-order valence-corrected chi connectivity index (χ3v) is 6.38. The highest BCUT2D eigenvalue weighted by atomic mass is 32.2. The third-order valence-electron chi connectivity index (χ3n) is 5.72. The van der Waals surface area contributed by atoms with E-state index >= 15 is 0 Å². The maximum atomic E-state index is 12.7. The van der Waals surface area contributed by atoms with Gasteiger partial charge in [0.1, 0.15) is 11.2 Å². The fourth-order valence-electron chi connectivity index (χ4n) is 3.98. The third kappa shape index (κ3) is 4.26. The number of carboxylic acids is 1. The maximum Gasteiger partial charge on any atom is 0.340 e. The number of thioether (sulfide) groups is 1. The van der Waals surface area contributed by atoms with E-state index in [9.17, 15) is 19.5 Å². The number of hydrogen-bond acceptors (Lipinski definition) is 7. The summed E-state index contributed by atoms with van der Waals surface area (Å²) in [6.07, 6.45) is 3.11. The number of carbonyl (C=O) groups excluding carboxylic acids is 2. The summed E-state index contributed by atoms with van der Waals surface area (Å²) in [7, 11) is 0. The molecule has 1 atom stereocenters. The lowest BCUT2D eigenvalue weighted by molar-refractivity contribution is -0.307. The molecule has 0 bridgehead atoms. The van der Waals surface area contributed by atoms with E-state index in [2.05, 4.69) is 5.32 Å². The van der Waals surface area contributed by atoms with E-state index in [-0.39, 0.29) is 17.7 Å². The van der Waals surface area contributed by atoms with Crippen LogP contribution in [0, 0.1) is 13.8 Å². The van der Waals surface area contributed by atoms with Gasteiger partial charge in [0.25, 0.3) is 0 Å². The minimum Gasteiger partial charge on any atom is -0.548 e. The van der Waals surface area contributed by atoms with Crippen molar-refractivity contribution < 1.29 is 23.5 Å². The largest absolute Gasteiger partial charge is 0.548 e. The van der Waals surface area contributed by atoms with Gasteiger partial charge >= 0.3 is 5.63 Å². The smallest absolute Gasteiger partial charge is 0.340 e. The summed E-state index contributed by atoms with van der Waals surface area (Å²) in [6.45, 7) is 3.58. The quantitative estimate of drug-likeness (QED) is 0.419. The maximum absolute atomic E-state index is 12.7. The van der Waals surface area contributed by atoms with E-state index < -0.39 is 23.5 Å². The minimum absolute atomic E-state index is 0.166. The molecule has 2 heterocycles. The van der Waals surface area contributed by atoms with Crippen molar-refractivity contribution in [3.05, 3.63) is 69.8 Å². The Kier molecular flexibility index (Phi) is 6.29. The van der Waals surface area contributed by atoms with E-state index in [1.54, 1.807) is 19.4 Å². The Morgan fingerprint density at radius 1 is 1.09 bits per heavy atom. The molecule has 2 aromatic carbocycles. The zero-order valence-electron chi connectivity index (χ0n) is 18.4. The molecule has 2 aromatic heterocycles. The van der Waals surface area contributed by atoms with Gasteiger partial charge in [-0.2, -0.15) is 11.8 Å². The predicted octanol–water partition coefficient (Wildman–Crippen LogP) is 2.96. The van der Waals surface area contributed by atoms with Gasteiger partial charge in [-0.25, -0.2) is 4.79 Å². The number of aryl methyl sites for hydroxylation is 2. The Bertz CT molecular complexity index is 1420. The van der Waals surface area contributed by atoms with Gasteiger partial charge in [0.2, 0.25) is 5.91 Å². The molecule has 1 amide bonds. The molecule has 0 radical (unpaired) electrons. The van der Waals surface area contributed by atoms with Crippen LogP contribution in [0.4, 0.5) is 0 Å². The Hall–Kier alpha value is -3.52. The monoisotopic (exact) mass is 464 g/mol. The van der Waals surface area contributed by atoms with E-state index in [0.717, 1.165) is 16.5 Å². The molecule has 0 fully saturated rings. The number of benzene rings is 2. The van der Waals surface area contributed by atoms with Gasteiger partial charge in [-0.05, 0) is 37.3 Å². The first kappa shape index (κ1) is 22.7. The second-order valence-corrected chi connectivity index (χ2v) is 8.75. The molecular formula is C25H22NO6S-. The second-order valence-electron chi connectivity index (χ2n) is 7.83. The summed E-state index contributed by atoms with van der Waals surface area (Å²) in [6, 6.07) is 10.6. The molecule has 4 aromatic rings. The molecule has 0 aliphatic heterocycles. The number of nitrogens with one attached hydrogen (secondary N) is 1. The Morgan fingerprint density at radius 2 is 1.82 bits per heavy atom. The fourth-order valence-corrected chi connectivity index (χ4v) is 4.54. The number of carbonyl (C=O) groups is 2. The summed E-state index contributed by atoms with van der Waals surface area (Å²) in [5, 5.41) is 15.2. The molecule has 4 rings (SSSR count). The number of carboxylic acid groups (broad SMARTS) is 1. The second kappa shape index (κ2) is 9.15. The van der Waals surface area contributed by atoms with E-state index in [1.807, 2.05) is 43.3 Å². The van der Waals surface area contributed by atoms with Crippen molar-refractivity contribution in [2.24, 2.45) is 0 Å². The van der Waals surface area contributed by atoms with Crippen LogP contribution in [0.1, 0.15) is 16.7 Å². The molecule has 170 valence electrons. The first-order valence-corrected chi connectivity index (χ1v) is 11.7. The van der Waals surface area contributed by atoms with Crippen molar-refractivity contribution in [3.63, 3.8) is 0 Å². The van der Waals surface area contributed by atoms with Crippen LogP contribution in [0.25, 0.3) is 33.1 Å². The fraction of sp³-hybridized carbons (Fsp3) is 0.240. The van der Waals surface area contributed by atoms with Crippen LogP contribution >= 0.6 is 11.8 Å². The van der Waals surface area contributed by atoms with Gasteiger partial charge in [-0.3, -0.25) is 4.79 Å². The zero-order valence-corrected chi connectivity index (χ0v) is 19.2. The van der Waals surface area contributed by atoms with Crippen LogP contribution in [0.3, 0.4) is 0 Å². The van der Waals surface area contributed by atoms with Gasteiger partial charge < -0.3 is 24.1 Å². The van der Waals surface area contributed by atoms with Gasteiger partial charge in [0, 0.05) is 27.7 Å². The van der Waals surface area contributed by atoms with Crippen LogP contribution in [-0.2, 0) is 16.0 Å². The highest BCUT2D eigenvalue weighted by molar-refractivity contribution is 7.98. The highest BCUT2D eigenvalue weighted by Crippen LogP contribution is 2.37. The van der Waals surface area contributed by atoms with E-state index in [4.69, 9.17) is 8.83 Å². The number of hydrogen-bond donors (Lipinski definition) is 1. The van der Waals surface area contributed by atoms with Crippen LogP contribution in [-0.4, -0.2) is 29.9 Å². The van der Waals surface area contributed by atoms with Crippen molar-refractivity contribution in [1.29, 1.82) is 0 Å². The lowest BCUT2D eigenvalue weighted by Gasteiger charge is -2.19. The number of rotatable bonds is 7. The summed E-state index contributed by atoms with van der Waals surface area (Å²) in [5.74, 6) is -1.79. The molecule has 33 heavy (non-hydrogen) atoms. The van der Waals surface area contributed by atoms with Crippen molar-refractivity contribution in [1.82, 2.24) is 5.32 Å². The molecule has 1 N–H and O–H groups in total. The first-order valence-electron chi connectivity index (χ1n) is 10.3. The number of amides is 1. The molecular weight excluding hydrogens is 442 g/mol. The van der Waals surface area contributed by atoms with Crippen molar-refractivity contribution in [2.75, 3.05) is 12.0 Å². The number of fused-ring (bicyclic) bond motifs is 2. The molecule has 0 saturated heterocycles. The topological polar surface area (TPSA) is 113 Å². The lowest BCUT2D eigenvalue weighted by Crippen LogP contribution is -2.50. The summed E-state index contributed by atoms with van der Waals surface area (Å²) >= 11 is 1.27. The highest BCUT2D eigenvalue weighted by Gasteiger charge is 2.21. The molecule has 0 aliphatic rings. The van der Waals surface area contributed by atoms with Gasteiger partial charge in [-0.1, -0.05) is 30.3 Å². The SMILES string of the molecule is CSC[C@H](NC(=O)Cc1c(C)c2cc3c(-c4ccccc4)coc3c(C)c2oc1=O)C(=O)[O-]. The minimum atomic E-state index is -1.37. The Labute approximate surface area is 193 Å². The van der Waals surface area contributed by atoms with Crippen molar-refractivity contribution in [3.8, 4) is 11.1 Å². The van der Waals surface area contributed by atoms with Gasteiger partial charge in [0.05, 0.1) is 30.3 Å². The van der Waals surface area contributed by atoms with Crippen LogP contribution in [0.2, 0.25) is 0 Å². The molecule has 0 unspecified atom stereocenters. The Morgan fingerprint density at radius 3 is 2.48 bits per heavy atom. The average Bonchev–Trinajstić information content (AvgIpc) is 3.22. The molecule has 0 spiro atoms. The molecule has 7 nitrogen and oxygen atoms in total. The zero-order chi connectivity index (χ0) is 23.7. The van der Waals surface area contributed by atoms with E-state index in [1.165, 1.54) is 11.8 Å². The van der Waals surface area contributed by atoms with Gasteiger partial charge in [0.15, 0.2) is 0 Å². The first-order chi connectivity index (χ1) is 15.8. The van der Waals surface area contributed by atoms with Crippen LogP contribution in [0.15, 0.2) is 56.3 Å². The standard InChI is InChI=1S/C25H23NO6S/c1-13-16-9-18-19(15-7-5-4-6-8-15)11-31-22(18)14(2)23(16)32-25(30)17(13)10-21(27)26-20(12-33-3)24(28)29/h4-9,11,20H,10,12H2,1-3H3,(H,26,27)(H,28,29)/p-1/t20-/m0/s1. The summed E-state index contributed by atoms with van der Waals surface area (Å²) in [4.78, 5) is 36.5. The summed E-state index contributed by atoms with van der Waals surface area (Å²) in [5.41, 5.74) is 3.78. The molecule has 0 saturated carbocycles. The summed E-state index contributed by atoms with van der Waals surface area (Å²) < 4.78 is 11.4. The molecule has 8 heteroatoms. The number of furan rings is 1. The van der Waals surface area contributed by atoms with Crippen molar-refractivity contribution in [2.45, 2.75) is 26.3 Å². The van der Waals surface area contributed by atoms with Gasteiger partial charge in [-0.15, -0.1) is 0 Å². The van der Waals surface area contributed by atoms with E-state index in [0.29, 0.717) is 27.7 Å².